The number of nitrogens with one attached hydrogen (secondary N) is 2. The van der Waals surface area contributed by atoms with Gasteiger partial charge in [0.15, 0.2) is 0 Å². The molecule has 1 aromatic rings. The topological polar surface area (TPSA) is 44.4 Å². The van der Waals surface area contributed by atoms with E-state index in [1.807, 2.05) is 18.2 Å². The van der Waals surface area contributed by atoms with Crippen molar-refractivity contribution in [2.45, 2.75) is 65.1 Å². The third kappa shape index (κ3) is 5.05. The van der Waals surface area contributed by atoms with Gasteiger partial charge in [-0.3, -0.25) is 9.69 Å². The Morgan fingerprint density at radius 3 is 2.43 bits per heavy atom. The Kier molecular flexibility index (Phi) is 6.19. The third-order valence-electron chi connectivity index (χ3n) is 4.55. The second-order valence-corrected chi connectivity index (χ2v) is 7.27. The van der Waals surface area contributed by atoms with Gasteiger partial charge >= 0.3 is 0 Å². The lowest BCUT2D eigenvalue weighted by molar-refractivity contribution is -0.117. The van der Waals surface area contributed by atoms with Crippen LogP contribution in [0.5, 0.6) is 0 Å². The van der Waals surface area contributed by atoms with Crippen LogP contribution in [0.2, 0.25) is 0 Å². The number of anilines is 1. The molecule has 23 heavy (non-hydrogen) atoms. The fourth-order valence-electron chi connectivity index (χ4n) is 3.44. The fourth-order valence-corrected chi connectivity index (χ4v) is 3.44. The molecule has 2 N–H and O–H groups in total. The van der Waals surface area contributed by atoms with Crippen LogP contribution >= 0.6 is 0 Å². The predicted octanol–water partition coefficient (Wildman–Crippen LogP) is 3.21. The Morgan fingerprint density at radius 2 is 1.83 bits per heavy atom. The van der Waals surface area contributed by atoms with Crippen molar-refractivity contribution in [3.05, 3.63) is 29.8 Å². The number of hydrogen-bond acceptors (Lipinski definition) is 3. The van der Waals surface area contributed by atoms with E-state index < -0.39 is 0 Å². The first-order valence-electron chi connectivity index (χ1n) is 8.75. The number of hydrogen-bond donors (Lipinski definition) is 2. The van der Waals surface area contributed by atoms with E-state index in [2.05, 4.69) is 56.2 Å². The van der Waals surface area contributed by atoms with Gasteiger partial charge in [-0.1, -0.05) is 32.0 Å². The quantitative estimate of drug-likeness (QED) is 0.876. The summed E-state index contributed by atoms with van der Waals surface area (Å²) in [5.41, 5.74) is 2.14. The molecule has 1 aromatic carbocycles. The molecule has 0 radical (unpaired) electrons. The second-order valence-electron chi connectivity index (χ2n) is 7.27. The Morgan fingerprint density at radius 1 is 1.22 bits per heavy atom. The molecule has 0 unspecified atom stereocenters. The number of benzene rings is 1. The summed E-state index contributed by atoms with van der Waals surface area (Å²) in [5, 5.41) is 6.64. The SMILES string of the molecule is CC(C)c1ccccc1NC(=O)C[C@H](C)N1C[C@@H](C)N[C@H](C)C1. The lowest BCUT2D eigenvalue weighted by atomic mass is 10.0. The maximum atomic E-state index is 12.4. The fraction of sp³-hybridized carbons (Fsp3) is 0.632. The molecule has 0 aromatic heterocycles. The summed E-state index contributed by atoms with van der Waals surface area (Å²) in [6.07, 6.45) is 0.534. The van der Waals surface area contributed by atoms with Gasteiger partial charge in [-0.15, -0.1) is 0 Å². The molecule has 4 heteroatoms. The first-order valence-corrected chi connectivity index (χ1v) is 8.75. The van der Waals surface area contributed by atoms with Crippen molar-refractivity contribution in [1.82, 2.24) is 10.2 Å². The van der Waals surface area contributed by atoms with Crippen LogP contribution in [-0.4, -0.2) is 42.0 Å². The smallest absolute Gasteiger partial charge is 0.225 e. The molecular weight excluding hydrogens is 286 g/mol. The average molecular weight is 317 g/mol. The summed E-state index contributed by atoms with van der Waals surface area (Å²) in [5.74, 6) is 0.503. The zero-order chi connectivity index (χ0) is 17.0. The normalized spacial score (nSPS) is 23.7. The molecule has 1 amide bonds. The zero-order valence-electron chi connectivity index (χ0n) is 15.1. The monoisotopic (exact) mass is 317 g/mol. The van der Waals surface area contributed by atoms with Crippen molar-refractivity contribution < 1.29 is 4.79 Å². The van der Waals surface area contributed by atoms with Crippen LogP contribution in [0.1, 0.15) is 52.5 Å². The van der Waals surface area contributed by atoms with Gasteiger partial charge in [0, 0.05) is 43.3 Å². The molecule has 4 nitrogen and oxygen atoms in total. The number of piperazine rings is 1. The highest BCUT2D eigenvalue weighted by atomic mass is 16.1. The van der Waals surface area contributed by atoms with Gasteiger partial charge in [0.25, 0.3) is 0 Å². The lowest BCUT2D eigenvalue weighted by Gasteiger charge is -2.39. The van der Waals surface area contributed by atoms with Gasteiger partial charge in [-0.2, -0.15) is 0 Å². The van der Waals surface area contributed by atoms with Crippen molar-refractivity contribution in [2.24, 2.45) is 0 Å². The maximum Gasteiger partial charge on any atom is 0.225 e. The van der Waals surface area contributed by atoms with Crippen LogP contribution in [0, 0.1) is 0 Å². The Balaban J connectivity index is 1.94. The second kappa shape index (κ2) is 7.93. The molecule has 128 valence electrons. The first-order chi connectivity index (χ1) is 10.9. The largest absolute Gasteiger partial charge is 0.326 e. The molecule has 2 rings (SSSR count). The highest BCUT2D eigenvalue weighted by Gasteiger charge is 2.26. The van der Waals surface area contributed by atoms with Gasteiger partial charge in [-0.25, -0.2) is 0 Å². The predicted molar refractivity (Wildman–Crippen MR) is 96.9 cm³/mol. The molecule has 0 bridgehead atoms. The molecule has 3 atom stereocenters. The van der Waals surface area contributed by atoms with Crippen LogP contribution in [0.15, 0.2) is 24.3 Å². The number of carbonyl (C=O) groups excluding carboxylic acids is 1. The number of para-hydroxylation sites is 1. The molecule has 0 saturated carbocycles. The lowest BCUT2D eigenvalue weighted by Crippen LogP contribution is -2.56. The van der Waals surface area contributed by atoms with E-state index in [-0.39, 0.29) is 11.9 Å². The molecular formula is C19H31N3O. The minimum absolute atomic E-state index is 0.101. The molecule has 1 aliphatic rings. The van der Waals surface area contributed by atoms with Crippen LogP contribution in [0.25, 0.3) is 0 Å². The Hall–Kier alpha value is -1.39. The number of carbonyl (C=O) groups is 1. The standard InChI is InChI=1S/C19H31N3O/c1-13(2)17-8-6-7-9-18(17)21-19(23)10-16(5)22-11-14(3)20-15(4)12-22/h6-9,13-16,20H,10-12H2,1-5H3,(H,21,23)/t14-,15-,16+/m1/s1. The summed E-state index contributed by atoms with van der Waals surface area (Å²) < 4.78 is 0. The Bertz CT molecular complexity index is 519. The minimum atomic E-state index is 0.101. The van der Waals surface area contributed by atoms with Crippen molar-refractivity contribution in [3.8, 4) is 0 Å². The third-order valence-corrected chi connectivity index (χ3v) is 4.55. The van der Waals surface area contributed by atoms with Crippen LogP contribution in [0.3, 0.4) is 0 Å². The molecule has 0 aliphatic carbocycles. The number of amides is 1. The molecule has 1 aliphatic heterocycles. The molecule has 1 saturated heterocycles. The average Bonchev–Trinajstić information content (AvgIpc) is 2.46. The molecule has 1 heterocycles. The molecule has 1 fully saturated rings. The van der Waals surface area contributed by atoms with Gasteiger partial charge in [-0.05, 0) is 38.3 Å². The van der Waals surface area contributed by atoms with Crippen LogP contribution in [-0.2, 0) is 4.79 Å². The van der Waals surface area contributed by atoms with Crippen LogP contribution < -0.4 is 10.6 Å². The Labute approximate surface area is 140 Å². The maximum absolute atomic E-state index is 12.4. The van der Waals surface area contributed by atoms with Gasteiger partial charge < -0.3 is 10.6 Å². The summed E-state index contributed by atoms with van der Waals surface area (Å²) in [7, 11) is 0. The van der Waals surface area contributed by atoms with E-state index in [1.54, 1.807) is 0 Å². The zero-order valence-corrected chi connectivity index (χ0v) is 15.1. The number of nitrogens with zero attached hydrogens (tertiary/aromatic N) is 1. The van der Waals surface area contributed by atoms with E-state index in [1.165, 1.54) is 5.56 Å². The van der Waals surface area contributed by atoms with E-state index in [0.29, 0.717) is 24.4 Å². The summed E-state index contributed by atoms with van der Waals surface area (Å²) in [6.45, 7) is 12.9. The highest BCUT2D eigenvalue weighted by molar-refractivity contribution is 5.92. The van der Waals surface area contributed by atoms with Crippen molar-refractivity contribution in [2.75, 3.05) is 18.4 Å². The summed E-state index contributed by atoms with van der Waals surface area (Å²) in [4.78, 5) is 14.9. The summed E-state index contributed by atoms with van der Waals surface area (Å²) >= 11 is 0. The van der Waals surface area contributed by atoms with E-state index in [4.69, 9.17) is 0 Å². The van der Waals surface area contributed by atoms with Gasteiger partial charge in [0.05, 0.1) is 0 Å². The molecule has 0 spiro atoms. The van der Waals surface area contributed by atoms with Gasteiger partial charge in [0.2, 0.25) is 5.91 Å². The minimum Gasteiger partial charge on any atom is -0.326 e. The summed E-state index contributed by atoms with van der Waals surface area (Å²) in [6, 6.07) is 9.29. The highest BCUT2D eigenvalue weighted by Crippen LogP contribution is 2.24. The van der Waals surface area contributed by atoms with Crippen molar-refractivity contribution >= 4 is 11.6 Å². The van der Waals surface area contributed by atoms with E-state index >= 15 is 0 Å². The van der Waals surface area contributed by atoms with E-state index in [0.717, 1.165) is 18.8 Å². The van der Waals surface area contributed by atoms with Crippen molar-refractivity contribution in [3.63, 3.8) is 0 Å². The van der Waals surface area contributed by atoms with Crippen LogP contribution in [0.4, 0.5) is 5.69 Å². The first kappa shape index (κ1) is 18.0. The van der Waals surface area contributed by atoms with Gasteiger partial charge in [0.1, 0.15) is 0 Å². The van der Waals surface area contributed by atoms with Crippen molar-refractivity contribution in [1.29, 1.82) is 0 Å². The van der Waals surface area contributed by atoms with E-state index in [9.17, 15) is 4.79 Å². The number of rotatable bonds is 5.